The highest BCUT2D eigenvalue weighted by atomic mass is 16.5. The molecule has 0 aliphatic carbocycles. The molecule has 5 nitrogen and oxygen atoms in total. The van der Waals surface area contributed by atoms with Gasteiger partial charge >= 0.3 is 0 Å². The van der Waals surface area contributed by atoms with Crippen LogP contribution in [0.1, 0.15) is 16.7 Å². The van der Waals surface area contributed by atoms with Crippen molar-refractivity contribution in [3.05, 3.63) is 58.7 Å². The number of methoxy groups -OCH3 is 2. The minimum absolute atomic E-state index is 0.0209. The Bertz CT molecular complexity index is 864. The van der Waals surface area contributed by atoms with Crippen molar-refractivity contribution in [2.45, 2.75) is 13.8 Å². The summed E-state index contributed by atoms with van der Waals surface area (Å²) in [6, 6.07) is 12.8. The van der Waals surface area contributed by atoms with Crippen LogP contribution in [0.25, 0.3) is 6.08 Å². The number of carbonyl (C=O) groups excluding carboxylic acids is 1. The molecule has 1 amide bonds. The molecule has 128 valence electrons. The van der Waals surface area contributed by atoms with E-state index in [9.17, 15) is 10.1 Å². The average molecular weight is 336 g/mol. The van der Waals surface area contributed by atoms with Gasteiger partial charge < -0.3 is 14.8 Å². The fraction of sp³-hybridized carbons (Fsp3) is 0.200. The van der Waals surface area contributed by atoms with Crippen molar-refractivity contribution in [2.24, 2.45) is 0 Å². The number of aryl methyl sites for hydroxylation is 1. The van der Waals surface area contributed by atoms with Gasteiger partial charge in [-0.1, -0.05) is 12.1 Å². The van der Waals surface area contributed by atoms with Crippen molar-refractivity contribution in [3.63, 3.8) is 0 Å². The van der Waals surface area contributed by atoms with Crippen LogP contribution < -0.4 is 14.8 Å². The molecule has 0 heterocycles. The third-order valence-electron chi connectivity index (χ3n) is 3.95. The molecule has 0 atom stereocenters. The number of hydrogen-bond donors (Lipinski definition) is 1. The van der Waals surface area contributed by atoms with Crippen LogP contribution in [-0.4, -0.2) is 20.1 Å². The molecule has 5 heteroatoms. The van der Waals surface area contributed by atoms with E-state index in [4.69, 9.17) is 9.47 Å². The van der Waals surface area contributed by atoms with Crippen molar-refractivity contribution in [1.29, 1.82) is 5.26 Å². The maximum atomic E-state index is 12.5. The molecule has 0 spiro atoms. The zero-order valence-electron chi connectivity index (χ0n) is 14.7. The normalized spacial score (nSPS) is 10.8. The quantitative estimate of drug-likeness (QED) is 0.665. The van der Waals surface area contributed by atoms with Gasteiger partial charge in [-0.3, -0.25) is 4.79 Å². The van der Waals surface area contributed by atoms with E-state index >= 15 is 0 Å². The molecule has 0 aromatic heterocycles. The van der Waals surface area contributed by atoms with Crippen LogP contribution in [0.4, 0.5) is 5.69 Å². The van der Waals surface area contributed by atoms with Gasteiger partial charge in [0.25, 0.3) is 5.91 Å². The second-order valence-corrected chi connectivity index (χ2v) is 5.48. The smallest absolute Gasteiger partial charge is 0.266 e. The molecule has 0 radical (unpaired) electrons. The van der Waals surface area contributed by atoms with Crippen molar-refractivity contribution in [2.75, 3.05) is 19.5 Å². The van der Waals surface area contributed by atoms with Crippen molar-refractivity contribution >= 4 is 17.7 Å². The molecule has 2 rings (SSSR count). The Labute approximate surface area is 147 Å². The molecular weight excluding hydrogens is 316 g/mol. The molecule has 0 bridgehead atoms. The second-order valence-electron chi connectivity index (χ2n) is 5.48. The first-order valence-electron chi connectivity index (χ1n) is 7.71. The Morgan fingerprint density at radius 1 is 1.16 bits per heavy atom. The van der Waals surface area contributed by atoms with Gasteiger partial charge in [0.1, 0.15) is 23.1 Å². The highest BCUT2D eigenvalue weighted by Gasteiger charge is 2.13. The lowest BCUT2D eigenvalue weighted by Gasteiger charge is -2.11. The number of hydrogen-bond acceptors (Lipinski definition) is 4. The minimum Gasteiger partial charge on any atom is -0.497 e. The number of ether oxygens (including phenoxy) is 2. The molecule has 1 N–H and O–H groups in total. The van der Waals surface area contributed by atoms with Gasteiger partial charge in [0, 0.05) is 11.3 Å². The highest BCUT2D eigenvalue weighted by molar-refractivity contribution is 6.10. The zero-order chi connectivity index (χ0) is 18.4. The topological polar surface area (TPSA) is 71.3 Å². The average Bonchev–Trinajstić information content (AvgIpc) is 2.63. The summed E-state index contributed by atoms with van der Waals surface area (Å²) in [4.78, 5) is 12.5. The number of nitrogens with zero attached hydrogens (tertiary/aromatic N) is 1. The first-order valence-corrected chi connectivity index (χ1v) is 7.71. The van der Waals surface area contributed by atoms with E-state index in [1.165, 1.54) is 13.2 Å². The standard InChI is InChI=1S/C20H20N2O3/c1-13-6-5-7-18(14(13)2)22-20(23)16(12-21)10-15-11-17(24-3)8-9-19(15)25-4/h5-11H,1-4H3,(H,22,23)/b16-10+. The summed E-state index contributed by atoms with van der Waals surface area (Å²) in [5.74, 6) is 0.688. The Morgan fingerprint density at radius 3 is 2.56 bits per heavy atom. The SMILES string of the molecule is COc1ccc(OC)c(/C=C(\C#N)C(=O)Nc2cccc(C)c2C)c1. The lowest BCUT2D eigenvalue weighted by atomic mass is 10.1. The Balaban J connectivity index is 2.36. The number of amides is 1. The maximum Gasteiger partial charge on any atom is 0.266 e. The summed E-state index contributed by atoms with van der Waals surface area (Å²) in [6.07, 6.45) is 1.49. The van der Waals surface area contributed by atoms with Crippen LogP contribution in [-0.2, 0) is 4.79 Å². The monoisotopic (exact) mass is 336 g/mol. The Kier molecular flexibility index (Phi) is 5.80. The summed E-state index contributed by atoms with van der Waals surface area (Å²) in [6.45, 7) is 3.89. The summed E-state index contributed by atoms with van der Waals surface area (Å²) in [7, 11) is 3.08. The van der Waals surface area contributed by atoms with E-state index in [2.05, 4.69) is 5.32 Å². The van der Waals surface area contributed by atoms with Gasteiger partial charge in [-0.15, -0.1) is 0 Å². The van der Waals surface area contributed by atoms with Crippen LogP contribution in [0.2, 0.25) is 0 Å². The van der Waals surface area contributed by atoms with Gasteiger partial charge in [-0.25, -0.2) is 0 Å². The van der Waals surface area contributed by atoms with E-state index in [1.54, 1.807) is 31.4 Å². The largest absolute Gasteiger partial charge is 0.497 e. The fourth-order valence-electron chi connectivity index (χ4n) is 2.33. The van der Waals surface area contributed by atoms with E-state index in [0.29, 0.717) is 22.7 Å². The molecule has 0 unspecified atom stereocenters. The number of nitrogens with one attached hydrogen (secondary N) is 1. The molecule has 0 saturated carbocycles. The van der Waals surface area contributed by atoms with Crippen LogP contribution >= 0.6 is 0 Å². The number of carbonyl (C=O) groups is 1. The predicted molar refractivity (Wildman–Crippen MR) is 97.7 cm³/mol. The number of nitriles is 1. The van der Waals surface area contributed by atoms with Gasteiger partial charge in [-0.05, 0) is 55.3 Å². The number of anilines is 1. The highest BCUT2D eigenvalue weighted by Crippen LogP contribution is 2.26. The van der Waals surface area contributed by atoms with Gasteiger partial charge in [0.05, 0.1) is 14.2 Å². The summed E-state index contributed by atoms with van der Waals surface area (Å²) in [5, 5.41) is 12.2. The van der Waals surface area contributed by atoms with Gasteiger partial charge in [0.2, 0.25) is 0 Å². The molecular formula is C20H20N2O3. The molecule has 0 aliphatic rings. The van der Waals surface area contributed by atoms with Crippen molar-refractivity contribution < 1.29 is 14.3 Å². The lowest BCUT2D eigenvalue weighted by molar-refractivity contribution is -0.112. The predicted octanol–water partition coefficient (Wildman–Crippen LogP) is 3.87. The zero-order valence-corrected chi connectivity index (χ0v) is 14.7. The fourth-order valence-corrected chi connectivity index (χ4v) is 2.33. The van der Waals surface area contributed by atoms with Crippen molar-refractivity contribution in [1.82, 2.24) is 0 Å². The summed E-state index contributed by atoms with van der Waals surface area (Å²) >= 11 is 0. The van der Waals surface area contributed by atoms with Crippen LogP contribution in [0.3, 0.4) is 0 Å². The number of benzene rings is 2. The van der Waals surface area contributed by atoms with Gasteiger partial charge in [-0.2, -0.15) is 5.26 Å². The second kappa shape index (κ2) is 8.02. The lowest BCUT2D eigenvalue weighted by Crippen LogP contribution is -2.14. The third-order valence-corrected chi connectivity index (χ3v) is 3.95. The van der Waals surface area contributed by atoms with E-state index < -0.39 is 5.91 Å². The van der Waals surface area contributed by atoms with Gasteiger partial charge in [0.15, 0.2) is 0 Å². The Hall–Kier alpha value is -3.26. The minimum atomic E-state index is -0.471. The first-order chi connectivity index (χ1) is 12.0. The van der Waals surface area contributed by atoms with E-state index in [-0.39, 0.29) is 5.57 Å². The third kappa shape index (κ3) is 4.18. The maximum absolute atomic E-state index is 12.5. The molecule has 2 aromatic carbocycles. The first kappa shape index (κ1) is 18.1. The van der Waals surface area contributed by atoms with E-state index in [1.807, 2.05) is 32.0 Å². The molecule has 2 aromatic rings. The summed E-state index contributed by atoms with van der Waals surface area (Å²) in [5.41, 5.74) is 3.28. The van der Waals surface area contributed by atoms with E-state index in [0.717, 1.165) is 11.1 Å². The summed E-state index contributed by atoms with van der Waals surface area (Å²) < 4.78 is 10.5. The molecule has 0 fully saturated rings. The van der Waals surface area contributed by atoms with Crippen LogP contribution in [0.5, 0.6) is 11.5 Å². The van der Waals surface area contributed by atoms with Crippen LogP contribution in [0.15, 0.2) is 42.0 Å². The van der Waals surface area contributed by atoms with Crippen LogP contribution in [0, 0.1) is 25.2 Å². The Morgan fingerprint density at radius 2 is 1.92 bits per heavy atom. The number of rotatable bonds is 5. The molecule has 0 aliphatic heterocycles. The van der Waals surface area contributed by atoms with Crippen molar-refractivity contribution in [3.8, 4) is 17.6 Å². The molecule has 25 heavy (non-hydrogen) atoms. The molecule has 0 saturated heterocycles.